The molecule has 8 heteroatoms. The molecule has 1 aromatic heterocycles. The van der Waals surface area contributed by atoms with E-state index in [-0.39, 0.29) is 17.0 Å². The van der Waals surface area contributed by atoms with Gasteiger partial charge in [0.1, 0.15) is 0 Å². The number of hydrogen-bond donors (Lipinski definition) is 1. The Hall–Kier alpha value is -1.41. The third-order valence-electron chi connectivity index (χ3n) is 3.43. The molecule has 0 unspecified atom stereocenters. The van der Waals surface area contributed by atoms with Crippen molar-refractivity contribution < 1.29 is 13.2 Å². The van der Waals surface area contributed by atoms with E-state index in [4.69, 9.17) is 0 Å². The van der Waals surface area contributed by atoms with Gasteiger partial charge in [0.25, 0.3) is 10.0 Å². The molecular formula is C12H20N4O3S. The molecule has 1 aliphatic rings. The van der Waals surface area contributed by atoms with E-state index < -0.39 is 10.0 Å². The Balaban J connectivity index is 2.08. The highest BCUT2D eigenvalue weighted by molar-refractivity contribution is 7.89. The van der Waals surface area contributed by atoms with Gasteiger partial charge in [0.15, 0.2) is 5.03 Å². The van der Waals surface area contributed by atoms with Crippen LogP contribution in [0.25, 0.3) is 0 Å². The molecule has 0 aromatic carbocycles. The number of carbonyl (C=O) groups is 1. The molecule has 20 heavy (non-hydrogen) atoms. The van der Waals surface area contributed by atoms with Crippen LogP contribution in [0.15, 0.2) is 17.6 Å². The quantitative estimate of drug-likeness (QED) is 0.836. The van der Waals surface area contributed by atoms with E-state index in [1.807, 2.05) is 0 Å². The van der Waals surface area contributed by atoms with Crippen molar-refractivity contribution in [2.75, 3.05) is 13.1 Å². The number of imidazole rings is 1. The first kappa shape index (κ1) is 15.0. The van der Waals surface area contributed by atoms with E-state index >= 15 is 0 Å². The minimum absolute atomic E-state index is 0.0612. The van der Waals surface area contributed by atoms with Crippen molar-refractivity contribution in [1.29, 1.82) is 0 Å². The van der Waals surface area contributed by atoms with Gasteiger partial charge in [0.2, 0.25) is 5.91 Å². The van der Waals surface area contributed by atoms with Gasteiger partial charge in [-0.2, -0.15) is 4.31 Å². The average molecular weight is 300 g/mol. The lowest BCUT2D eigenvalue weighted by Gasteiger charge is -2.23. The van der Waals surface area contributed by atoms with Crippen LogP contribution in [-0.4, -0.2) is 47.3 Å². The van der Waals surface area contributed by atoms with E-state index in [1.165, 1.54) is 23.8 Å². The highest BCUT2D eigenvalue weighted by atomic mass is 32.2. The number of aromatic nitrogens is 2. The van der Waals surface area contributed by atoms with Gasteiger partial charge in [-0.05, 0) is 19.3 Å². The summed E-state index contributed by atoms with van der Waals surface area (Å²) >= 11 is 0. The Morgan fingerprint density at radius 1 is 1.55 bits per heavy atom. The second-order valence-corrected chi connectivity index (χ2v) is 6.90. The third kappa shape index (κ3) is 3.18. The summed E-state index contributed by atoms with van der Waals surface area (Å²) in [6.45, 7) is 2.47. The first-order chi connectivity index (χ1) is 9.41. The molecule has 112 valence electrons. The zero-order valence-electron chi connectivity index (χ0n) is 11.7. The molecule has 1 N–H and O–H groups in total. The number of amides is 1. The van der Waals surface area contributed by atoms with Crippen molar-refractivity contribution >= 4 is 15.9 Å². The van der Waals surface area contributed by atoms with E-state index in [0.29, 0.717) is 19.5 Å². The van der Waals surface area contributed by atoms with Crippen LogP contribution >= 0.6 is 0 Å². The standard InChI is InChI=1S/C12H20N4O3S/c1-10(17)13-6-5-11-4-3-7-16(11)20(18,19)12-8-15(2)9-14-12/h8-9,11H,3-7H2,1-2H3,(H,13,17)/t11-/m0/s1. The molecule has 0 radical (unpaired) electrons. The molecule has 0 spiro atoms. The third-order valence-corrected chi connectivity index (χ3v) is 5.27. The van der Waals surface area contributed by atoms with Crippen LogP contribution in [0.5, 0.6) is 0 Å². The van der Waals surface area contributed by atoms with Gasteiger partial charge in [-0.1, -0.05) is 0 Å². The number of rotatable bonds is 5. The van der Waals surface area contributed by atoms with E-state index in [2.05, 4.69) is 10.3 Å². The second-order valence-electron chi connectivity index (χ2n) is 5.06. The number of sulfonamides is 1. The molecule has 1 atom stereocenters. The summed E-state index contributed by atoms with van der Waals surface area (Å²) in [5.74, 6) is -0.0952. The van der Waals surface area contributed by atoms with E-state index in [0.717, 1.165) is 12.8 Å². The molecular weight excluding hydrogens is 280 g/mol. The van der Waals surface area contributed by atoms with Crippen LogP contribution in [0, 0.1) is 0 Å². The molecule has 1 saturated heterocycles. The first-order valence-electron chi connectivity index (χ1n) is 6.65. The van der Waals surface area contributed by atoms with Crippen molar-refractivity contribution in [2.45, 2.75) is 37.3 Å². The molecule has 7 nitrogen and oxygen atoms in total. The zero-order chi connectivity index (χ0) is 14.8. The lowest BCUT2D eigenvalue weighted by atomic mass is 10.1. The summed E-state index contributed by atoms with van der Waals surface area (Å²) in [5, 5.41) is 2.80. The number of nitrogens with zero attached hydrogens (tertiary/aromatic N) is 3. The predicted molar refractivity (Wildman–Crippen MR) is 73.4 cm³/mol. The molecule has 2 heterocycles. The molecule has 1 amide bonds. The number of hydrogen-bond acceptors (Lipinski definition) is 4. The summed E-state index contributed by atoms with van der Waals surface area (Å²) in [6, 6.07) is -0.0612. The maximum atomic E-state index is 12.5. The molecule has 0 aliphatic carbocycles. The number of nitrogens with one attached hydrogen (secondary N) is 1. The minimum atomic E-state index is -3.53. The zero-order valence-corrected chi connectivity index (χ0v) is 12.6. The van der Waals surface area contributed by atoms with Crippen molar-refractivity contribution in [3.05, 3.63) is 12.5 Å². The fraction of sp³-hybridized carbons (Fsp3) is 0.667. The number of aryl methyl sites for hydroxylation is 1. The van der Waals surface area contributed by atoms with Crippen LogP contribution in [0.4, 0.5) is 0 Å². The summed E-state index contributed by atoms with van der Waals surface area (Å²) < 4.78 is 28.2. The normalized spacial score (nSPS) is 20.2. The highest BCUT2D eigenvalue weighted by Crippen LogP contribution is 2.26. The second kappa shape index (κ2) is 5.92. The smallest absolute Gasteiger partial charge is 0.262 e. The molecule has 2 rings (SSSR count). The van der Waals surface area contributed by atoms with Crippen LogP contribution in [0.2, 0.25) is 0 Å². The lowest BCUT2D eigenvalue weighted by molar-refractivity contribution is -0.118. The van der Waals surface area contributed by atoms with Crippen LogP contribution in [0.3, 0.4) is 0 Å². The lowest BCUT2D eigenvalue weighted by Crippen LogP contribution is -2.38. The SMILES string of the molecule is CC(=O)NCC[C@@H]1CCCN1S(=O)(=O)c1cn(C)cn1. The number of carbonyl (C=O) groups excluding carboxylic acids is 1. The van der Waals surface area contributed by atoms with Gasteiger partial charge in [-0.3, -0.25) is 4.79 Å². The van der Waals surface area contributed by atoms with Gasteiger partial charge in [0, 0.05) is 39.3 Å². The van der Waals surface area contributed by atoms with Crippen LogP contribution in [0.1, 0.15) is 26.2 Å². The maximum Gasteiger partial charge on any atom is 0.262 e. The van der Waals surface area contributed by atoms with Gasteiger partial charge >= 0.3 is 0 Å². The minimum Gasteiger partial charge on any atom is -0.356 e. The Kier molecular flexibility index (Phi) is 4.44. The highest BCUT2D eigenvalue weighted by Gasteiger charge is 2.36. The molecule has 1 fully saturated rings. The Morgan fingerprint density at radius 3 is 2.90 bits per heavy atom. The van der Waals surface area contributed by atoms with Crippen molar-refractivity contribution in [3.8, 4) is 0 Å². The van der Waals surface area contributed by atoms with Gasteiger partial charge in [-0.15, -0.1) is 0 Å². The van der Waals surface area contributed by atoms with Crippen LogP contribution in [-0.2, 0) is 21.9 Å². The predicted octanol–water partition coefficient (Wildman–Crippen LogP) is 0.0994. The molecule has 0 bridgehead atoms. The topological polar surface area (TPSA) is 84.3 Å². The van der Waals surface area contributed by atoms with E-state index in [1.54, 1.807) is 11.6 Å². The Labute approximate surface area is 119 Å². The van der Waals surface area contributed by atoms with Gasteiger partial charge in [-0.25, -0.2) is 13.4 Å². The molecule has 1 aromatic rings. The Morgan fingerprint density at radius 2 is 2.30 bits per heavy atom. The van der Waals surface area contributed by atoms with Crippen molar-refractivity contribution in [3.63, 3.8) is 0 Å². The summed E-state index contributed by atoms with van der Waals surface area (Å²) in [7, 11) is -1.79. The fourth-order valence-electron chi connectivity index (χ4n) is 2.47. The van der Waals surface area contributed by atoms with Gasteiger partial charge in [0.05, 0.1) is 6.33 Å². The molecule has 1 aliphatic heterocycles. The Bertz CT molecular complexity index is 581. The average Bonchev–Trinajstić information content (AvgIpc) is 2.97. The largest absolute Gasteiger partial charge is 0.356 e. The van der Waals surface area contributed by atoms with Crippen molar-refractivity contribution in [2.24, 2.45) is 7.05 Å². The first-order valence-corrected chi connectivity index (χ1v) is 8.09. The summed E-state index contributed by atoms with van der Waals surface area (Å²) in [6.07, 6.45) is 5.29. The van der Waals surface area contributed by atoms with E-state index in [9.17, 15) is 13.2 Å². The fourth-order valence-corrected chi connectivity index (χ4v) is 4.16. The van der Waals surface area contributed by atoms with Gasteiger partial charge < -0.3 is 9.88 Å². The monoisotopic (exact) mass is 300 g/mol. The maximum absolute atomic E-state index is 12.5. The van der Waals surface area contributed by atoms with Crippen LogP contribution < -0.4 is 5.32 Å². The summed E-state index contributed by atoms with van der Waals surface area (Å²) in [5.41, 5.74) is 0. The summed E-state index contributed by atoms with van der Waals surface area (Å²) in [4.78, 5) is 14.8. The van der Waals surface area contributed by atoms with Crippen molar-refractivity contribution in [1.82, 2.24) is 19.2 Å². The molecule has 0 saturated carbocycles.